The zero-order chi connectivity index (χ0) is 21.7. The molecule has 0 spiro atoms. The van der Waals surface area contributed by atoms with Crippen molar-refractivity contribution in [3.8, 4) is 0 Å². The molecule has 1 aromatic rings. The normalized spacial score (nSPS) is 24.7. The molecule has 4 atom stereocenters. The van der Waals surface area contributed by atoms with E-state index in [0.717, 1.165) is 19.3 Å². The standard InChI is InChI=1S/C23H34N2O5/c1-23(2,3)30-22(28)25-18(13-15-9-5-4-6-10-15)19-14-16(21(27)29-19)20(26)17-11-7-8-12-24-17/h7-8,11-12,15-16,18-20,26H,4-6,9-10,13-14H2,1-3H3,(H,25,28)/t16?,18-,19-,20?/m0/s1. The second-order valence-electron chi connectivity index (χ2n) is 9.51. The van der Waals surface area contributed by atoms with Crippen molar-refractivity contribution >= 4 is 12.1 Å². The maximum atomic E-state index is 12.6. The number of nitrogens with zero attached hydrogens (tertiary/aromatic N) is 1. The molecular weight excluding hydrogens is 384 g/mol. The molecule has 1 aliphatic heterocycles. The molecule has 2 unspecified atom stereocenters. The van der Waals surface area contributed by atoms with Gasteiger partial charge in [0, 0.05) is 12.6 Å². The van der Waals surface area contributed by atoms with Crippen LogP contribution < -0.4 is 5.32 Å². The van der Waals surface area contributed by atoms with Crippen molar-refractivity contribution in [3.05, 3.63) is 30.1 Å². The Morgan fingerprint density at radius 2 is 2.03 bits per heavy atom. The summed E-state index contributed by atoms with van der Waals surface area (Å²) in [6.45, 7) is 5.45. The van der Waals surface area contributed by atoms with E-state index < -0.39 is 35.8 Å². The van der Waals surface area contributed by atoms with Gasteiger partial charge < -0.3 is 19.9 Å². The highest BCUT2D eigenvalue weighted by molar-refractivity contribution is 5.76. The van der Waals surface area contributed by atoms with Gasteiger partial charge in [0.05, 0.1) is 17.7 Å². The minimum atomic E-state index is -1.03. The quantitative estimate of drug-likeness (QED) is 0.680. The van der Waals surface area contributed by atoms with Crippen molar-refractivity contribution in [1.82, 2.24) is 10.3 Å². The summed E-state index contributed by atoms with van der Waals surface area (Å²) in [4.78, 5) is 29.2. The van der Waals surface area contributed by atoms with Gasteiger partial charge in [-0.15, -0.1) is 0 Å². The number of aliphatic hydroxyl groups excluding tert-OH is 1. The van der Waals surface area contributed by atoms with Gasteiger partial charge in [-0.25, -0.2) is 4.79 Å². The van der Waals surface area contributed by atoms with Crippen LogP contribution in [0.25, 0.3) is 0 Å². The average molecular weight is 419 g/mol. The largest absolute Gasteiger partial charge is 0.460 e. The molecular formula is C23H34N2O5. The van der Waals surface area contributed by atoms with E-state index in [4.69, 9.17) is 9.47 Å². The number of cyclic esters (lactones) is 1. The summed E-state index contributed by atoms with van der Waals surface area (Å²) in [6.07, 6.45) is 6.51. The third kappa shape index (κ3) is 6.17. The number of hydrogen-bond donors (Lipinski definition) is 2. The molecule has 166 valence electrons. The van der Waals surface area contributed by atoms with Crippen LogP contribution in [-0.2, 0) is 14.3 Å². The Morgan fingerprint density at radius 1 is 1.30 bits per heavy atom. The number of rotatable bonds is 6. The van der Waals surface area contributed by atoms with Crippen LogP contribution in [0.15, 0.2) is 24.4 Å². The second-order valence-corrected chi connectivity index (χ2v) is 9.51. The van der Waals surface area contributed by atoms with Gasteiger partial charge >= 0.3 is 12.1 Å². The Labute approximate surface area is 178 Å². The molecule has 1 saturated heterocycles. The van der Waals surface area contributed by atoms with E-state index in [1.165, 1.54) is 19.3 Å². The summed E-state index contributed by atoms with van der Waals surface area (Å²) >= 11 is 0. The van der Waals surface area contributed by atoms with Gasteiger partial charge in [0.25, 0.3) is 0 Å². The molecule has 2 N–H and O–H groups in total. The van der Waals surface area contributed by atoms with Gasteiger partial charge in [0.1, 0.15) is 17.8 Å². The average Bonchev–Trinajstić information content (AvgIpc) is 3.08. The molecule has 1 aromatic heterocycles. The molecule has 1 aliphatic carbocycles. The van der Waals surface area contributed by atoms with Crippen LogP contribution in [0, 0.1) is 11.8 Å². The second kappa shape index (κ2) is 9.77. The molecule has 2 aliphatic rings. The minimum absolute atomic E-state index is 0.337. The van der Waals surface area contributed by atoms with Gasteiger partial charge in [-0.05, 0) is 45.2 Å². The third-order valence-electron chi connectivity index (χ3n) is 5.89. The molecule has 2 heterocycles. The molecule has 0 radical (unpaired) electrons. The highest BCUT2D eigenvalue weighted by Crippen LogP contribution is 2.36. The van der Waals surface area contributed by atoms with Crippen LogP contribution >= 0.6 is 0 Å². The molecule has 0 bridgehead atoms. The maximum absolute atomic E-state index is 12.6. The summed E-state index contributed by atoms with van der Waals surface area (Å²) in [5.41, 5.74) is -0.159. The highest BCUT2D eigenvalue weighted by Gasteiger charge is 2.44. The zero-order valence-corrected chi connectivity index (χ0v) is 18.2. The van der Waals surface area contributed by atoms with E-state index in [2.05, 4.69) is 10.3 Å². The minimum Gasteiger partial charge on any atom is -0.460 e. The van der Waals surface area contributed by atoms with Crippen molar-refractivity contribution in [2.45, 2.75) is 89.6 Å². The lowest BCUT2D eigenvalue weighted by Crippen LogP contribution is -2.46. The number of nitrogens with one attached hydrogen (secondary N) is 1. The van der Waals surface area contributed by atoms with Crippen molar-refractivity contribution in [2.75, 3.05) is 0 Å². The van der Waals surface area contributed by atoms with E-state index in [1.807, 2.05) is 20.8 Å². The van der Waals surface area contributed by atoms with E-state index >= 15 is 0 Å². The Hall–Kier alpha value is -2.15. The number of carbonyl (C=O) groups excluding carboxylic acids is 2. The molecule has 0 aromatic carbocycles. The summed E-state index contributed by atoms with van der Waals surface area (Å²) < 4.78 is 11.1. The fourth-order valence-corrected chi connectivity index (χ4v) is 4.44. The number of hydrogen-bond acceptors (Lipinski definition) is 6. The summed E-state index contributed by atoms with van der Waals surface area (Å²) in [5.74, 6) is -0.658. The van der Waals surface area contributed by atoms with Crippen LogP contribution in [0.4, 0.5) is 4.79 Å². The molecule has 7 nitrogen and oxygen atoms in total. The van der Waals surface area contributed by atoms with Crippen molar-refractivity contribution < 1.29 is 24.2 Å². The highest BCUT2D eigenvalue weighted by atomic mass is 16.6. The lowest BCUT2D eigenvalue weighted by atomic mass is 9.82. The summed E-state index contributed by atoms with van der Waals surface area (Å²) in [7, 11) is 0. The van der Waals surface area contributed by atoms with E-state index in [-0.39, 0.29) is 6.04 Å². The van der Waals surface area contributed by atoms with Gasteiger partial charge in [0.2, 0.25) is 0 Å². The summed E-state index contributed by atoms with van der Waals surface area (Å²) in [6, 6.07) is 4.90. The fraction of sp³-hybridized carbons (Fsp3) is 0.696. The van der Waals surface area contributed by atoms with Crippen molar-refractivity contribution in [1.29, 1.82) is 0 Å². The Bertz CT molecular complexity index is 712. The first-order valence-corrected chi connectivity index (χ1v) is 11.0. The first kappa shape index (κ1) is 22.5. The van der Waals surface area contributed by atoms with Crippen LogP contribution in [0.3, 0.4) is 0 Å². The lowest BCUT2D eigenvalue weighted by Gasteiger charge is -2.31. The molecule has 1 amide bonds. The predicted molar refractivity (Wildman–Crippen MR) is 112 cm³/mol. The number of alkyl carbamates (subject to hydrolysis) is 1. The van der Waals surface area contributed by atoms with Gasteiger partial charge in [0.15, 0.2) is 0 Å². The molecule has 1 saturated carbocycles. The maximum Gasteiger partial charge on any atom is 0.408 e. The zero-order valence-electron chi connectivity index (χ0n) is 18.2. The van der Waals surface area contributed by atoms with Gasteiger partial charge in [-0.3, -0.25) is 9.78 Å². The fourth-order valence-electron chi connectivity index (χ4n) is 4.44. The molecule has 30 heavy (non-hydrogen) atoms. The number of ether oxygens (including phenoxy) is 2. The molecule has 2 fully saturated rings. The van der Waals surface area contributed by atoms with E-state index in [9.17, 15) is 14.7 Å². The van der Waals surface area contributed by atoms with Gasteiger partial charge in [-0.1, -0.05) is 38.2 Å². The molecule has 3 rings (SSSR count). The number of amides is 1. The van der Waals surface area contributed by atoms with Crippen LogP contribution in [-0.4, -0.2) is 39.9 Å². The summed E-state index contributed by atoms with van der Waals surface area (Å²) in [5, 5.41) is 13.6. The Morgan fingerprint density at radius 3 is 2.67 bits per heavy atom. The van der Waals surface area contributed by atoms with Crippen LogP contribution in [0.2, 0.25) is 0 Å². The first-order chi connectivity index (χ1) is 14.2. The Balaban J connectivity index is 1.70. The van der Waals surface area contributed by atoms with E-state index in [1.54, 1.807) is 24.4 Å². The van der Waals surface area contributed by atoms with Crippen molar-refractivity contribution in [3.63, 3.8) is 0 Å². The topological polar surface area (TPSA) is 97.8 Å². The third-order valence-corrected chi connectivity index (χ3v) is 5.89. The predicted octanol–water partition coefficient (Wildman–Crippen LogP) is 3.91. The monoisotopic (exact) mass is 418 g/mol. The number of esters is 1. The van der Waals surface area contributed by atoms with E-state index in [0.29, 0.717) is 18.0 Å². The smallest absolute Gasteiger partial charge is 0.408 e. The number of aliphatic hydroxyl groups is 1. The number of aromatic nitrogens is 1. The number of pyridine rings is 1. The Kier molecular flexibility index (Phi) is 7.34. The van der Waals surface area contributed by atoms with Crippen LogP contribution in [0.1, 0.15) is 77.5 Å². The lowest BCUT2D eigenvalue weighted by molar-refractivity contribution is -0.148. The van der Waals surface area contributed by atoms with Crippen molar-refractivity contribution in [2.24, 2.45) is 11.8 Å². The SMILES string of the molecule is CC(C)(C)OC(=O)N[C@@H](CC1CCCCC1)[C@@H]1CC(C(O)c2ccccn2)C(=O)O1. The van der Waals surface area contributed by atoms with Gasteiger partial charge in [-0.2, -0.15) is 0 Å². The molecule has 7 heteroatoms. The van der Waals surface area contributed by atoms with Crippen LogP contribution in [0.5, 0.6) is 0 Å². The number of carbonyl (C=O) groups is 2. The first-order valence-electron chi connectivity index (χ1n) is 11.0.